The fraction of sp³-hybridized carbons (Fsp3) is 0.478. The van der Waals surface area contributed by atoms with Gasteiger partial charge in [-0.15, -0.1) is 0 Å². The van der Waals surface area contributed by atoms with Gasteiger partial charge in [-0.2, -0.15) is 0 Å². The second kappa shape index (κ2) is 11.1. The number of aromatic nitrogens is 4. The maximum absolute atomic E-state index is 11.2. The lowest BCUT2D eigenvalue weighted by Crippen LogP contribution is -2.35. The van der Waals surface area contributed by atoms with Gasteiger partial charge < -0.3 is 36.8 Å². The molecule has 1 aromatic carbocycles. The molecule has 188 valence electrons. The fourth-order valence-corrected chi connectivity index (χ4v) is 4.40. The molecule has 1 aliphatic rings. The van der Waals surface area contributed by atoms with E-state index in [1.54, 1.807) is 0 Å². The van der Waals surface area contributed by atoms with Crippen molar-refractivity contribution in [2.75, 3.05) is 12.3 Å². The monoisotopic (exact) mass is 485 g/mol. The largest absolute Gasteiger partial charge is 0.480 e. The lowest BCUT2D eigenvalue weighted by molar-refractivity contribution is -0.138. The third-order valence-corrected chi connectivity index (χ3v) is 6.37. The smallest absolute Gasteiger partial charge is 0.320 e. The molecule has 0 saturated carbocycles. The van der Waals surface area contributed by atoms with Gasteiger partial charge in [0.1, 0.15) is 30.1 Å². The summed E-state index contributed by atoms with van der Waals surface area (Å²) in [5.74, 6) is -0.897. The minimum Gasteiger partial charge on any atom is -0.480 e. The summed E-state index contributed by atoms with van der Waals surface area (Å²) in [5.41, 5.74) is 13.5. The van der Waals surface area contributed by atoms with Gasteiger partial charge in [-0.3, -0.25) is 9.36 Å². The quantitative estimate of drug-likeness (QED) is 0.214. The first-order valence-corrected chi connectivity index (χ1v) is 11.5. The Morgan fingerprint density at radius 1 is 1.14 bits per heavy atom. The number of ether oxygens (including phenoxy) is 1. The fourth-order valence-electron chi connectivity index (χ4n) is 4.40. The second-order valence-corrected chi connectivity index (χ2v) is 8.87. The lowest BCUT2D eigenvalue weighted by atomic mass is 9.92. The van der Waals surface area contributed by atoms with Crippen molar-refractivity contribution < 1.29 is 24.9 Å². The molecule has 0 aliphatic carbocycles. The first-order chi connectivity index (χ1) is 16.8. The molecule has 3 heterocycles. The summed E-state index contributed by atoms with van der Waals surface area (Å²) in [6.45, 7) is 1.20. The average molecular weight is 486 g/mol. The van der Waals surface area contributed by atoms with E-state index in [9.17, 15) is 15.0 Å². The topological polar surface area (TPSA) is 195 Å². The Bertz CT molecular complexity index is 1130. The minimum absolute atomic E-state index is 0.0489. The third kappa shape index (κ3) is 5.74. The highest BCUT2D eigenvalue weighted by Gasteiger charge is 2.45. The summed E-state index contributed by atoms with van der Waals surface area (Å²) in [6.07, 6.45) is -0.0230. The molecule has 35 heavy (non-hydrogen) atoms. The highest BCUT2D eigenvalue weighted by Crippen LogP contribution is 2.35. The van der Waals surface area contributed by atoms with Gasteiger partial charge in [0.15, 0.2) is 17.7 Å². The maximum Gasteiger partial charge on any atom is 0.320 e. The standard InChI is InChI=1S/C23H31N7O5/c24-15(23(33)34)7-6-14(10-26-9-13-4-2-1-3-5-13)8-16-18(31)19(32)22(35-16)30-12-29-17-20(25)27-11-28-21(17)30/h1-5,11-12,14-16,18-19,22,26,31-32H,6-10,24H2,(H,33,34)(H2,25,27,28)/t14-,15-,16+,18?,19?,22+/m0/s1. The number of rotatable bonds is 11. The molecule has 0 amide bonds. The Hall–Kier alpha value is -3.16. The molecule has 4 rings (SSSR count). The Morgan fingerprint density at radius 2 is 1.91 bits per heavy atom. The maximum atomic E-state index is 11.2. The SMILES string of the molecule is Nc1ncnc2c1ncn2[C@@H]1O[C@H](C[C@H](CC[C@H](N)C(=O)O)CNCc2ccccc2)C(O)C1O. The van der Waals surface area contributed by atoms with Crippen LogP contribution in [0.25, 0.3) is 11.2 Å². The van der Waals surface area contributed by atoms with Crippen molar-refractivity contribution in [1.82, 2.24) is 24.8 Å². The van der Waals surface area contributed by atoms with E-state index in [1.807, 2.05) is 30.3 Å². The van der Waals surface area contributed by atoms with Crippen LogP contribution < -0.4 is 16.8 Å². The van der Waals surface area contributed by atoms with Crippen LogP contribution in [0.1, 0.15) is 31.1 Å². The Balaban J connectivity index is 1.44. The van der Waals surface area contributed by atoms with Crippen LogP contribution in [0.15, 0.2) is 43.0 Å². The first kappa shape index (κ1) is 24.9. The molecule has 6 atom stereocenters. The van der Waals surface area contributed by atoms with Crippen molar-refractivity contribution in [3.63, 3.8) is 0 Å². The Morgan fingerprint density at radius 3 is 2.66 bits per heavy atom. The van der Waals surface area contributed by atoms with E-state index < -0.39 is 36.6 Å². The molecule has 2 aromatic heterocycles. The summed E-state index contributed by atoms with van der Waals surface area (Å²) >= 11 is 0. The minimum atomic E-state index is -1.22. The third-order valence-electron chi connectivity index (χ3n) is 6.37. The number of nitrogens with one attached hydrogen (secondary N) is 1. The number of nitrogen functional groups attached to an aromatic ring is 1. The number of fused-ring (bicyclic) bond motifs is 1. The van der Waals surface area contributed by atoms with Crippen molar-refractivity contribution in [3.8, 4) is 0 Å². The number of hydrogen-bond donors (Lipinski definition) is 6. The van der Waals surface area contributed by atoms with E-state index in [-0.39, 0.29) is 18.2 Å². The van der Waals surface area contributed by atoms with E-state index in [1.165, 1.54) is 17.2 Å². The highest BCUT2D eigenvalue weighted by atomic mass is 16.6. The number of nitrogens with zero attached hydrogens (tertiary/aromatic N) is 4. The van der Waals surface area contributed by atoms with Gasteiger partial charge >= 0.3 is 5.97 Å². The number of carboxylic acid groups (broad SMARTS) is 1. The molecule has 0 spiro atoms. The van der Waals surface area contributed by atoms with Crippen LogP contribution in [0.5, 0.6) is 0 Å². The van der Waals surface area contributed by atoms with Crippen LogP contribution >= 0.6 is 0 Å². The van der Waals surface area contributed by atoms with E-state index in [2.05, 4.69) is 20.3 Å². The molecule has 0 bridgehead atoms. The average Bonchev–Trinajstić information content (AvgIpc) is 3.40. The number of aliphatic hydroxyl groups excluding tert-OH is 2. The molecule has 1 fully saturated rings. The van der Waals surface area contributed by atoms with E-state index in [4.69, 9.17) is 21.3 Å². The number of anilines is 1. The van der Waals surface area contributed by atoms with Gasteiger partial charge in [-0.05, 0) is 37.3 Å². The number of aliphatic hydroxyl groups is 2. The molecule has 1 aliphatic heterocycles. The van der Waals surface area contributed by atoms with Crippen LogP contribution in [0.3, 0.4) is 0 Å². The Labute approximate surface area is 202 Å². The zero-order valence-corrected chi connectivity index (χ0v) is 19.1. The van der Waals surface area contributed by atoms with Crippen LogP contribution in [0.2, 0.25) is 0 Å². The van der Waals surface area contributed by atoms with Gasteiger partial charge in [0.05, 0.1) is 12.4 Å². The van der Waals surface area contributed by atoms with Crippen LogP contribution in [-0.2, 0) is 16.1 Å². The van der Waals surface area contributed by atoms with Crippen molar-refractivity contribution in [2.45, 2.75) is 56.4 Å². The molecular formula is C23H31N7O5. The summed E-state index contributed by atoms with van der Waals surface area (Å²) in [7, 11) is 0. The number of carboxylic acids is 1. The first-order valence-electron chi connectivity index (χ1n) is 11.5. The molecule has 12 heteroatoms. The number of aliphatic carboxylic acids is 1. The predicted octanol–water partition coefficient (Wildman–Crippen LogP) is 0.0159. The number of hydrogen-bond acceptors (Lipinski definition) is 10. The highest BCUT2D eigenvalue weighted by molar-refractivity contribution is 5.81. The summed E-state index contributed by atoms with van der Waals surface area (Å²) in [5, 5.41) is 34.1. The van der Waals surface area contributed by atoms with E-state index in [0.717, 1.165) is 5.56 Å². The normalized spacial score (nSPS) is 24.0. The summed E-state index contributed by atoms with van der Waals surface area (Å²) in [4.78, 5) is 23.5. The van der Waals surface area contributed by atoms with Gasteiger partial charge in [-0.25, -0.2) is 15.0 Å². The van der Waals surface area contributed by atoms with Crippen molar-refractivity contribution in [3.05, 3.63) is 48.5 Å². The number of carbonyl (C=O) groups is 1. The molecule has 2 unspecified atom stereocenters. The zero-order chi connectivity index (χ0) is 24.9. The lowest BCUT2D eigenvalue weighted by Gasteiger charge is -2.23. The summed E-state index contributed by atoms with van der Waals surface area (Å²) < 4.78 is 7.61. The van der Waals surface area contributed by atoms with Gasteiger partial charge in [0, 0.05) is 6.54 Å². The molecular weight excluding hydrogens is 454 g/mol. The molecule has 8 N–H and O–H groups in total. The van der Waals surface area contributed by atoms with Crippen LogP contribution in [0.4, 0.5) is 5.82 Å². The number of imidazole rings is 1. The molecule has 1 saturated heterocycles. The number of benzene rings is 1. The summed E-state index contributed by atoms with van der Waals surface area (Å²) in [6, 6.07) is 8.93. The number of nitrogens with two attached hydrogens (primary N) is 2. The van der Waals surface area contributed by atoms with Crippen molar-refractivity contribution >= 4 is 23.0 Å². The van der Waals surface area contributed by atoms with Gasteiger partial charge in [-0.1, -0.05) is 30.3 Å². The van der Waals surface area contributed by atoms with E-state index in [0.29, 0.717) is 37.1 Å². The van der Waals surface area contributed by atoms with Gasteiger partial charge in [0.2, 0.25) is 0 Å². The Kier molecular flexibility index (Phi) is 7.88. The zero-order valence-electron chi connectivity index (χ0n) is 19.1. The second-order valence-electron chi connectivity index (χ2n) is 8.87. The van der Waals surface area contributed by atoms with Crippen LogP contribution in [-0.4, -0.2) is 71.7 Å². The van der Waals surface area contributed by atoms with Crippen molar-refractivity contribution in [1.29, 1.82) is 0 Å². The van der Waals surface area contributed by atoms with Crippen LogP contribution in [0, 0.1) is 5.92 Å². The van der Waals surface area contributed by atoms with Crippen molar-refractivity contribution in [2.24, 2.45) is 11.7 Å². The molecule has 12 nitrogen and oxygen atoms in total. The molecule has 3 aromatic rings. The van der Waals surface area contributed by atoms with E-state index >= 15 is 0 Å². The predicted molar refractivity (Wildman–Crippen MR) is 127 cm³/mol. The van der Waals surface area contributed by atoms with Gasteiger partial charge in [0.25, 0.3) is 0 Å². The molecule has 0 radical (unpaired) electrons.